The number of esters is 1. The van der Waals surface area contributed by atoms with Crippen LogP contribution >= 0.6 is 34.4 Å². The molecule has 0 aromatic heterocycles. The summed E-state index contributed by atoms with van der Waals surface area (Å²) in [5, 5.41) is 8.49. The Hall–Kier alpha value is -3.06. The number of carbonyl (C=O) groups is 4. The number of nitrogens with zero attached hydrogens (tertiary/aromatic N) is 1. The first-order valence-electron chi connectivity index (χ1n) is 10.4. The number of benzene rings is 2. The lowest BCUT2D eigenvalue weighted by Gasteiger charge is -2.18. The minimum absolute atomic E-state index is 0.177. The summed E-state index contributed by atoms with van der Waals surface area (Å²) in [7, 11) is 1.19. The molecule has 0 aliphatic carbocycles. The first-order chi connectivity index (χ1) is 16.7. The molecule has 1 heterocycles. The van der Waals surface area contributed by atoms with E-state index in [-0.39, 0.29) is 17.1 Å². The average Bonchev–Trinajstić information content (AvgIpc) is 3.10. The number of ether oxygens (including phenoxy) is 3. The standard InChI is InChI=1S/C24H22INO8S/c1-4-33-18-10-15(11-19-21(27)26(24(31)35-19)13(2)23(30)32-3)9-17(25)20(18)34-12-14-5-7-16(8-6-14)22(28)29/h5-11,13H,4,12H2,1-3H3,(H,28,29)/b19-11+/t13-/m0/s1. The van der Waals surface area contributed by atoms with E-state index in [4.69, 9.17) is 14.6 Å². The van der Waals surface area contributed by atoms with Crippen molar-refractivity contribution >= 4 is 63.5 Å². The van der Waals surface area contributed by atoms with Crippen molar-refractivity contribution in [3.05, 3.63) is 61.6 Å². The second-order valence-electron chi connectivity index (χ2n) is 7.30. The molecule has 1 saturated heterocycles. The van der Waals surface area contributed by atoms with Crippen LogP contribution in [0.5, 0.6) is 11.5 Å². The molecular formula is C24H22INO8S. The third-order valence-corrected chi connectivity index (χ3v) is 6.65. The summed E-state index contributed by atoms with van der Waals surface area (Å²) in [5.74, 6) is -1.30. The molecule has 0 bridgehead atoms. The van der Waals surface area contributed by atoms with Crippen LogP contribution in [0.3, 0.4) is 0 Å². The van der Waals surface area contributed by atoms with E-state index in [1.165, 1.54) is 26.2 Å². The van der Waals surface area contributed by atoms with Gasteiger partial charge in [0, 0.05) is 0 Å². The summed E-state index contributed by atoms with van der Waals surface area (Å²) in [4.78, 5) is 49.0. The Morgan fingerprint density at radius 3 is 2.46 bits per heavy atom. The molecule has 1 N–H and O–H groups in total. The number of rotatable bonds is 9. The van der Waals surface area contributed by atoms with Gasteiger partial charge in [0.15, 0.2) is 11.5 Å². The van der Waals surface area contributed by atoms with Gasteiger partial charge in [0.1, 0.15) is 12.6 Å². The van der Waals surface area contributed by atoms with Crippen molar-refractivity contribution in [2.24, 2.45) is 0 Å². The zero-order valence-electron chi connectivity index (χ0n) is 19.1. The molecule has 35 heavy (non-hydrogen) atoms. The second kappa shape index (κ2) is 11.6. The van der Waals surface area contributed by atoms with Crippen LogP contribution in [0.15, 0.2) is 41.3 Å². The number of hydrogen-bond donors (Lipinski definition) is 1. The molecular weight excluding hydrogens is 589 g/mol. The van der Waals surface area contributed by atoms with Gasteiger partial charge >= 0.3 is 11.9 Å². The minimum Gasteiger partial charge on any atom is -0.490 e. The van der Waals surface area contributed by atoms with Gasteiger partial charge in [-0.3, -0.25) is 14.5 Å². The Morgan fingerprint density at radius 2 is 1.86 bits per heavy atom. The fourth-order valence-corrected chi connectivity index (χ4v) is 4.90. The third kappa shape index (κ3) is 6.14. The van der Waals surface area contributed by atoms with Crippen LogP contribution in [0.1, 0.15) is 35.3 Å². The van der Waals surface area contributed by atoms with Crippen LogP contribution in [0.2, 0.25) is 0 Å². The Kier molecular flexibility index (Phi) is 8.78. The summed E-state index contributed by atoms with van der Waals surface area (Å²) < 4.78 is 17.1. The van der Waals surface area contributed by atoms with Crippen molar-refractivity contribution in [2.45, 2.75) is 26.5 Å². The van der Waals surface area contributed by atoms with E-state index in [9.17, 15) is 19.2 Å². The van der Waals surface area contributed by atoms with E-state index in [2.05, 4.69) is 27.3 Å². The molecule has 1 aliphatic rings. The number of carboxylic acids is 1. The Balaban J connectivity index is 1.84. The molecule has 0 saturated carbocycles. The number of carboxylic acid groups (broad SMARTS) is 1. The van der Waals surface area contributed by atoms with Crippen molar-refractivity contribution in [1.82, 2.24) is 4.90 Å². The molecule has 11 heteroatoms. The molecule has 9 nitrogen and oxygen atoms in total. The van der Waals surface area contributed by atoms with Gasteiger partial charge in [0.25, 0.3) is 11.1 Å². The van der Waals surface area contributed by atoms with E-state index < -0.39 is 29.1 Å². The second-order valence-corrected chi connectivity index (χ2v) is 9.46. The van der Waals surface area contributed by atoms with Gasteiger partial charge in [-0.2, -0.15) is 0 Å². The highest BCUT2D eigenvalue weighted by Crippen LogP contribution is 2.38. The summed E-state index contributed by atoms with van der Waals surface area (Å²) in [5.41, 5.74) is 1.59. The zero-order valence-corrected chi connectivity index (χ0v) is 22.0. The average molecular weight is 611 g/mol. The molecule has 0 unspecified atom stereocenters. The van der Waals surface area contributed by atoms with Crippen molar-refractivity contribution < 1.29 is 38.5 Å². The highest BCUT2D eigenvalue weighted by Gasteiger charge is 2.41. The van der Waals surface area contributed by atoms with Gasteiger partial charge in [0.05, 0.1) is 27.8 Å². The lowest BCUT2D eigenvalue weighted by atomic mass is 10.1. The lowest BCUT2D eigenvalue weighted by Crippen LogP contribution is -2.42. The SMILES string of the molecule is CCOc1cc(/C=C2/SC(=O)N([C@@H](C)C(=O)OC)C2=O)cc(I)c1OCc1ccc(C(=O)O)cc1. The normalized spacial score (nSPS) is 15.3. The highest BCUT2D eigenvalue weighted by atomic mass is 127. The van der Waals surface area contributed by atoms with Crippen LogP contribution < -0.4 is 9.47 Å². The first-order valence-corrected chi connectivity index (χ1v) is 12.3. The van der Waals surface area contributed by atoms with Gasteiger partial charge in [-0.25, -0.2) is 9.59 Å². The van der Waals surface area contributed by atoms with Crippen molar-refractivity contribution in [2.75, 3.05) is 13.7 Å². The summed E-state index contributed by atoms with van der Waals surface area (Å²) in [6.07, 6.45) is 1.56. The largest absolute Gasteiger partial charge is 0.490 e. The van der Waals surface area contributed by atoms with Gasteiger partial charge < -0.3 is 19.3 Å². The fourth-order valence-electron chi connectivity index (χ4n) is 3.21. The van der Waals surface area contributed by atoms with Gasteiger partial charge in [0.2, 0.25) is 0 Å². The molecule has 1 atom stereocenters. The van der Waals surface area contributed by atoms with Crippen molar-refractivity contribution in [3.63, 3.8) is 0 Å². The van der Waals surface area contributed by atoms with E-state index in [1.807, 2.05) is 6.92 Å². The predicted octanol–water partition coefficient (Wildman–Crippen LogP) is 4.56. The summed E-state index contributed by atoms with van der Waals surface area (Å²) in [6, 6.07) is 8.82. The maximum atomic E-state index is 12.8. The fraction of sp³-hybridized carbons (Fsp3) is 0.250. The maximum Gasteiger partial charge on any atom is 0.335 e. The zero-order chi connectivity index (χ0) is 25.7. The lowest BCUT2D eigenvalue weighted by molar-refractivity contribution is -0.148. The number of methoxy groups -OCH3 is 1. The van der Waals surface area contributed by atoms with Crippen LogP contribution in [-0.2, 0) is 20.9 Å². The Bertz CT molecular complexity index is 1190. The number of amides is 2. The third-order valence-electron chi connectivity index (χ3n) is 4.97. The van der Waals surface area contributed by atoms with Gasteiger partial charge in [-0.15, -0.1) is 0 Å². The minimum atomic E-state index is -1.03. The molecule has 0 spiro atoms. The Labute approximate surface area is 219 Å². The number of halogens is 1. The van der Waals surface area contributed by atoms with E-state index >= 15 is 0 Å². The molecule has 184 valence electrons. The van der Waals surface area contributed by atoms with Gasteiger partial charge in [-0.1, -0.05) is 12.1 Å². The summed E-state index contributed by atoms with van der Waals surface area (Å²) in [6.45, 7) is 3.83. The smallest absolute Gasteiger partial charge is 0.335 e. The molecule has 0 radical (unpaired) electrons. The molecule has 1 fully saturated rings. The molecule has 3 rings (SSSR count). The summed E-state index contributed by atoms with van der Waals surface area (Å²) >= 11 is 2.84. The number of aromatic carboxylic acids is 1. The molecule has 2 aromatic carbocycles. The van der Waals surface area contributed by atoms with E-state index in [1.54, 1.807) is 30.3 Å². The molecule has 2 amide bonds. The van der Waals surface area contributed by atoms with E-state index in [0.29, 0.717) is 27.2 Å². The van der Waals surface area contributed by atoms with E-state index in [0.717, 1.165) is 22.2 Å². The number of carbonyl (C=O) groups excluding carboxylic acids is 3. The number of imide groups is 1. The predicted molar refractivity (Wildman–Crippen MR) is 137 cm³/mol. The van der Waals surface area contributed by atoms with Crippen molar-refractivity contribution in [1.29, 1.82) is 0 Å². The maximum absolute atomic E-state index is 12.8. The Morgan fingerprint density at radius 1 is 1.17 bits per heavy atom. The van der Waals surface area contributed by atoms with Crippen LogP contribution in [-0.4, -0.2) is 52.8 Å². The van der Waals surface area contributed by atoms with Crippen LogP contribution in [0.4, 0.5) is 4.79 Å². The molecule has 2 aromatic rings. The van der Waals surface area contributed by atoms with Gasteiger partial charge in [-0.05, 0) is 89.7 Å². The van der Waals surface area contributed by atoms with Crippen LogP contribution in [0, 0.1) is 3.57 Å². The topological polar surface area (TPSA) is 119 Å². The first kappa shape index (κ1) is 26.5. The number of thioether (sulfide) groups is 1. The molecule has 1 aliphatic heterocycles. The quantitative estimate of drug-likeness (QED) is 0.247. The van der Waals surface area contributed by atoms with Crippen LogP contribution in [0.25, 0.3) is 6.08 Å². The monoisotopic (exact) mass is 611 g/mol. The number of hydrogen-bond acceptors (Lipinski definition) is 8. The van der Waals surface area contributed by atoms with Crippen molar-refractivity contribution in [3.8, 4) is 11.5 Å². The highest BCUT2D eigenvalue weighted by molar-refractivity contribution is 14.1.